The number of aliphatic hydroxyl groups is 1. The van der Waals surface area contributed by atoms with E-state index >= 15 is 0 Å². The summed E-state index contributed by atoms with van der Waals surface area (Å²) in [6.45, 7) is 4.45. The molecule has 2 heterocycles. The molecule has 1 unspecified atom stereocenters. The zero-order valence-electron chi connectivity index (χ0n) is 19.0. The maximum Gasteiger partial charge on any atom is 0.295 e. The lowest BCUT2D eigenvalue weighted by Gasteiger charge is -2.25. The third kappa shape index (κ3) is 4.41. The molecule has 1 fully saturated rings. The van der Waals surface area contributed by atoms with Gasteiger partial charge in [-0.1, -0.05) is 25.1 Å². The molecule has 1 aliphatic heterocycles. The molecule has 0 radical (unpaired) electrons. The smallest absolute Gasteiger partial charge is 0.295 e. The Kier molecular flexibility index (Phi) is 6.72. The fraction of sp³-hybridized carbons (Fsp3) is 0.222. The zero-order valence-corrected chi connectivity index (χ0v) is 19.0. The van der Waals surface area contributed by atoms with Crippen LogP contribution >= 0.6 is 0 Å². The third-order valence-electron chi connectivity index (χ3n) is 5.75. The number of Topliss-reactive ketones (excluding diaryl/α,β-unsaturated/α-hetero) is 1. The van der Waals surface area contributed by atoms with Gasteiger partial charge in [0, 0.05) is 30.1 Å². The quantitative estimate of drug-likeness (QED) is 0.307. The molecule has 1 atom stereocenters. The van der Waals surface area contributed by atoms with Crippen LogP contribution in [0.5, 0.6) is 5.75 Å². The molecule has 4 rings (SSSR count). The number of halogens is 1. The van der Waals surface area contributed by atoms with Gasteiger partial charge in [-0.15, -0.1) is 0 Å². The van der Waals surface area contributed by atoms with E-state index in [-0.39, 0.29) is 23.4 Å². The minimum atomic E-state index is -1.08. The molecular formula is C27H25FN2O4. The average Bonchev–Trinajstić information content (AvgIpc) is 3.08. The highest BCUT2D eigenvalue weighted by Gasteiger charge is 2.46. The van der Waals surface area contributed by atoms with Crippen LogP contribution in [0.2, 0.25) is 0 Å². The summed E-state index contributed by atoms with van der Waals surface area (Å²) in [7, 11) is 0. The molecule has 1 aromatic heterocycles. The van der Waals surface area contributed by atoms with Gasteiger partial charge in [0.15, 0.2) is 0 Å². The van der Waals surface area contributed by atoms with E-state index in [0.29, 0.717) is 17.9 Å². The number of likely N-dealkylation sites (tertiary alicyclic amines) is 1. The van der Waals surface area contributed by atoms with Gasteiger partial charge in [-0.2, -0.15) is 0 Å². The molecule has 1 N–H and O–H groups in total. The summed E-state index contributed by atoms with van der Waals surface area (Å²) >= 11 is 0. The molecule has 0 saturated carbocycles. The minimum absolute atomic E-state index is 0.0612. The van der Waals surface area contributed by atoms with Crippen molar-refractivity contribution < 1.29 is 23.8 Å². The van der Waals surface area contributed by atoms with Crippen LogP contribution in [0.15, 0.2) is 72.6 Å². The summed E-state index contributed by atoms with van der Waals surface area (Å²) in [5.41, 5.74) is 1.84. The Balaban J connectivity index is 1.83. The van der Waals surface area contributed by atoms with Crippen molar-refractivity contribution >= 4 is 17.4 Å². The number of carbonyl (C=O) groups is 2. The van der Waals surface area contributed by atoms with Crippen LogP contribution in [-0.4, -0.2) is 33.3 Å². The maximum absolute atomic E-state index is 14.9. The molecule has 0 bridgehead atoms. The van der Waals surface area contributed by atoms with Crippen molar-refractivity contribution in [3.63, 3.8) is 0 Å². The van der Waals surface area contributed by atoms with Gasteiger partial charge in [-0.05, 0) is 60.9 Å². The van der Waals surface area contributed by atoms with E-state index in [1.165, 1.54) is 23.1 Å². The second-order valence-corrected chi connectivity index (χ2v) is 8.13. The van der Waals surface area contributed by atoms with Crippen molar-refractivity contribution in [1.82, 2.24) is 9.88 Å². The average molecular weight is 461 g/mol. The Hall–Kier alpha value is -4.00. The summed E-state index contributed by atoms with van der Waals surface area (Å²) in [6.07, 6.45) is 4.01. The minimum Gasteiger partial charge on any atom is -0.507 e. The van der Waals surface area contributed by atoms with Gasteiger partial charge in [0.25, 0.3) is 11.7 Å². The lowest BCUT2D eigenvalue weighted by atomic mass is 9.94. The molecule has 174 valence electrons. The first kappa shape index (κ1) is 23.2. The number of hydrogen-bond donors (Lipinski definition) is 1. The number of rotatable bonds is 7. The van der Waals surface area contributed by atoms with Gasteiger partial charge in [0.05, 0.1) is 18.2 Å². The second-order valence-electron chi connectivity index (χ2n) is 8.13. The molecule has 1 saturated heterocycles. The van der Waals surface area contributed by atoms with Crippen LogP contribution in [0, 0.1) is 12.7 Å². The van der Waals surface area contributed by atoms with Gasteiger partial charge < -0.3 is 14.7 Å². The Morgan fingerprint density at radius 1 is 1.12 bits per heavy atom. The number of benzene rings is 2. The highest BCUT2D eigenvalue weighted by Crippen LogP contribution is 2.41. The molecular weight excluding hydrogens is 435 g/mol. The van der Waals surface area contributed by atoms with Crippen molar-refractivity contribution in [3.8, 4) is 5.75 Å². The van der Waals surface area contributed by atoms with E-state index in [9.17, 15) is 19.1 Å². The monoisotopic (exact) mass is 460 g/mol. The van der Waals surface area contributed by atoms with Crippen molar-refractivity contribution in [2.75, 3.05) is 6.61 Å². The normalized spacial score (nSPS) is 17.3. The van der Waals surface area contributed by atoms with Gasteiger partial charge in [0.2, 0.25) is 0 Å². The van der Waals surface area contributed by atoms with E-state index in [4.69, 9.17) is 4.74 Å². The van der Waals surface area contributed by atoms with E-state index in [0.717, 1.165) is 17.5 Å². The summed E-state index contributed by atoms with van der Waals surface area (Å²) < 4.78 is 20.6. The van der Waals surface area contributed by atoms with Crippen LogP contribution in [0.4, 0.5) is 4.39 Å². The SMILES string of the molecule is CCCOc1ccc(/C(O)=C2\C(=O)C(=O)N(Cc3ccncc3)C2c2ccccc2F)cc1C. The zero-order chi connectivity index (χ0) is 24.2. The molecule has 3 aromatic rings. The highest BCUT2D eigenvalue weighted by atomic mass is 19.1. The lowest BCUT2D eigenvalue weighted by Crippen LogP contribution is -2.29. The number of carbonyl (C=O) groups excluding carboxylic acids is 2. The Bertz CT molecular complexity index is 1260. The largest absolute Gasteiger partial charge is 0.507 e. The van der Waals surface area contributed by atoms with Crippen LogP contribution in [0.3, 0.4) is 0 Å². The lowest BCUT2D eigenvalue weighted by molar-refractivity contribution is -0.140. The van der Waals surface area contributed by atoms with E-state index in [2.05, 4.69) is 4.98 Å². The van der Waals surface area contributed by atoms with Gasteiger partial charge in [0.1, 0.15) is 17.3 Å². The Morgan fingerprint density at radius 2 is 1.85 bits per heavy atom. The molecule has 0 spiro atoms. The summed E-state index contributed by atoms with van der Waals surface area (Å²) in [5, 5.41) is 11.2. The van der Waals surface area contributed by atoms with Gasteiger partial charge in [-0.3, -0.25) is 14.6 Å². The predicted molar refractivity (Wildman–Crippen MR) is 125 cm³/mol. The van der Waals surface area contributed by atoms with Crippen molar-refractivity contribution in [2.45, 2.75) is 32.9 Å². The topological polar surface area (TPSA) is 79.7 Å². The van der Waals surface area contributed by atoms with Crippen LogP contribution in [0.1, 0.15) is 41.6 Å². The van der Waals surface area contributed by atoms with E-state index in [1.807, 2.05) is 13.8 Å². The molecule has 6 nitrogen and oxygen atoms in total. The molecule has 2 aromatic carbocycles. The molecule has 1 amide bonds. The number of amides is 1. The molecule has 0 aliphatic carbocycles. The summed E-state index contributed by atoms with van der Waals surface area (Å²) in [6, 6.07) is 13.3. The molecule has 7 heteroatoms. The number of aryl methyl sites for hydroxylation is 1. The predicted octanol–water partition coefficient (Wildman–Crippen LogP) is 4.94. The fourth-order valence-electron chi connectivity index (χ4n) is 4.07. The number of pyridine rings is 1. The number of hydrogen-bond acceptors (Lipinski definition) is 5. The number of nitrogens with zero attached hydrogens (tertiary/aromatic N) is 2. The standard InChI is InChI=1S/C27H25FN2O4/c1-3-14-34-22-9-8-19(15-17(22)2)25(31)23-24(20-6-4-5-7-21(20)28)30(27(33)26(23)32)16-18-10-12-29-13-11-18/h4-13,15,24,31H,3,14,16H2,1-2H3/b25-23+. The molecule has 1 aliphatic rings. The van der Waals surface area contributed by atoms with E-state index < -0.39 is 23.5 Å². The fourth-order valence-corrected chi connectivity index (χ4v) is 4.07. The van der Waals surface area contributed by atoms with Crippen LogP contribution in [-0.2, 0) is 16.1 Å². The highest BCUT2D eigenvalue weighted by molar-refractivity contribution is 6.46. The number of aromatic nitrogens is 1. The Morgan fingerprint density at radius 3 is 2.53 bits per heavy atom. The van der Waals surface area contributed by atoms with Crippen molar-refractivity contribution in [3.05, 3.63) is 101 Å². The first-order valence-corrected chi connectivity index (χ1v) is 11.1. The molecule has 34 heavy (non-hydrogen) atoms. The van der Waals surface area contributed by atoms with Crippen LogP contribution in [0.25, 0.3) is 5.76 Å². The van der Waals surface area contributed by atoms with E-state index in [1.54, 1.807) is 48.8 Å². The second kappa shape index (κ2) is 9.87. The van der Waals surface area contributed by atoms with Crippen molar-refractivity contribution in [1.29, 1.82) is 0 Å². The summed E-state index contributed by atoms with van der Waals surface area (Å²) in [5.74, 6) is -1.91. The van der Waals surface area contributed by atoms with Gasteiger partial charge >= 0.3 is 0 Å². The number of aliphatic hydroxyl groups excluding tert-OH is 1. The first-order chi connectivity index (χ1) is 16.4. The Labute approximate surface area is 197 Å². The van der Waals surface area contributed by atoms with Crippen molar-refractivity contribution in [2.24, 2.45) is 0 Å². The van der Waals surface area contributed by atoms with Gasteiger partial charge in [-0.25, -0.2) is 4.39 Å². The third-order valence-corrected chi connectivity index (χ3v) is 5.75. The van der Waals surface area contributed by atoms with Crippen LogP contribution < -0.4 is 4.74 Å². The summed E-state index contributed by atoms with van der Waals surface area (Å²) in [4.78, 5) is 31.5. The number of ketones is 1. The first-order valence-electron chi connectivity index (χ1n) is 11.1. The number of ether oxygens (including phenoxy) is 1. The maximum atomic E-state index is 14.9.